The number of hydrogen-bond acceptors (Lipinski definition) is 8. The van der Waals surface area contributed by atoms with E-state index in [2.05, 4.69) is 15.1 Å². The highest BCUT2D eigenvalue weighted by molar-refractivity contribution is 5.99. The largest absolute Gasteiger partial charge is 0.496 e. The Kier molecular flexibility index (Phi) is 5.60. The number of nitrogens with zero attached hydrogens (tertiary/aromatic N) is 4. The Morgan fingerprint density at radius 2 is 1.61 bits per heavy atom. The van der Waals surface area contributed by atoms with Gasteiger partial charge >= 0.3 is 0 Å². The highest BCUT2D eigenvalue weighted by Gasteiger charge is 2.27. The van der Waals surface area contributed by atoms with Crippen LogP contribution in [0.15, 0.2) is 48.5 Å². The number of rotatable bonds is 5. The number of ether oxygens (including phenoxy) is 4. The molecule has 9 nitrogen and oxygen atoms in total. The maximum Gasteiger partial charge on any atom is 0.261 e. The number of piperazine rings is 1. The van der Waals surface area contributed by atoms with Crippen molar-refractivity contribution < 1.29 is 23.7 Å². The molecule has 1 saturated heterocycles. The lowest BCUT2D eigenvalue weighted by atomic mass is 10.1. The second kappa shape index (κ2) is 8.85. The summed E-state index contributed by atoms with van der Waals surface area (Å²) in [6.07, 6.45) is 0. The fourth-order valence-corrected chi connectivity index (χ4v) is 4.06. The molecule has 3 heterocycles. The number of amides is 1. The predicted octanol–water partition coefficient (Wildman–Crippen LogP) is 2.85. The van der Waals surface area contributed by atoms with Crippen molar-refractivity contribution in [2.24, 2.45) is 0 Å². The molecule has 1 aromatic heterocycles. The molecule has 9 heteroatoms. The molecular formula is C24H24N4O5. The minimum absolute atomic E-state index is 0.104. The van der Waals surface area contributed by atoms with Crippen LogP contribution in [0.4, 0.5) is 5.82 Å². The first-order valence-electron chi connectivity index (χ1n) is 10.7. The topological polar surface area (TPSA) is 86.3 Å². The first-order chi connectivity index (χ1) is 16.2. The zero-order valence-corrected chi connectivity index (χ0v) is 18.5. The third-order valence-electron chi connectivity index (χ3n) is 5.85. The molecule has 3 aromatic rings. The minimum Gasteiger partial charge on any atom is -0.496 e. The zero-order chi connectivity index (χ0) is 22.8. The number of carbonyl (C=O) groups is 1. The van der Waals surface area contributed by atoms with Crippen LogP contribution >= 0.6 is 0 Å². The van der Waals surface area contributed by atoms with E-state index in [1.165, 1.54) is 0 Å². The fraction of sp³-hybridized carbons (Fsp3) is 0.292. The molecule has 1 amide bonds. The van der Waals surface area contributed by atoms with E-state index < -0.39 is 0 Å². The summed E-state index contributed by atoms with van der Waals surface area (Å²) in [5.41, 5.74) is 2.12. The standard InChI is InChI=1S/C24H24N4O5/c1-30-19-4-3-5-20(31-2)23(19)24(29)28-12-10-27(11-13-28)22-9-7-17(25-26-22)16-6-8-18-21(14-16)33-15-32-18/h3-9,14H,10-13,15H2,1-2H3. The molecule has 0 spiro atoms. The van der Waals surface area contributed by atoms with Gasteiger partial charge in [0.2, 0.25) is 6.79 Å². The van der Waals surface area contributed by atoms with Gasteiger partial charge in [-0.25, -0.2) is 0 Å². The lowest BCUT2D eigenvalue weighted by Gasteiger charge is -2.35. The Hall–Kier alpha value is -4.01. The highest BCUT2D eigenvalue weighted by Crippen LogP contribution is 2.35. The van der Waals surface area contributed by atoms with Crippen LogP contribution in [-0.2, 0) is 0 Å². The van der Waals surface area contributed by atoms with E-state index in [0.29, 0.717) is 49.0 Å². The molecule has 33 heavy (non-hydrogen) atoms. The van der Waals surface area contributed by atoms with Crippen LogP contribution in [0.2, 0.25) is 0 Å². The van der Waals surface area contributed by atoms with E-state index in [4.69, 9.17) is 18.9 Å². The molecule has 0 unspecified atom stereocenters. The summed E-state index contributed by atoms with van der Waals surface area (Å²) in [5.74, 6) is 3.14. The van der Waals surface area contributed by atoms with Crippen molar-refractivity contribution >= 4 is 11.7 Å². The van der Waals surface area contributed by atoms with Crippen LogP contribution in [0.5, 0.6) is 23.0 Å². The molecule has 170 valence electrons. The minimum atomic E-state index is -0.104. The predicted molar refractivity (Wildman–Crippen MR) is 121 cm³/mol. The van der Waals surface area contributed by atoms with Gasteiger partial charge in [-0.05, 0) is 42.5 Å². The second-order valence-corrected chi connectivity index (χ2v) is 7.66. The summed E-state index contributed by atoms with van der Waals surface area (Å²) in [4.78, 5) is 17.1. The van der Waals surface area contributed by atoms with Crippen LogP contribution in [0.25, 0.3) is 11.3 Å². The summed E-state index contributed by atoms with van der Waals surface area (Å²) in [5, 5.41) is 8.81. The molecular weight excluding hydrogens is 424 g/mol. The molecule has 0 radical (unpaired) electrons. The summed E-state index contributed by atoms with van der Waals surface area (Å²) in [6, 6.07) is 15.0. The Morgan fingerprint density at radius 1 is 0.879 bits per heavy atom. The van der Waals surface area contributed by atoms with Crippen LogP contribution in [0, 0.1) is 0 Å². The Bertz CT molecular complexity index is 1140. The van der Waals surface area contributed by atoms with Crippen molar-refractivity contribution in [3.8, 4) is 34.3 Å². The summed E-state index contributed by atoms with van der Waals surface area (Å²) in [6.45, 7) is 2.67. The van der Waals surface area contributed by atoms with Gasteiger partial charge in [-0.2, -0.15) is 0 Å². The first kappa shape index (κ1) is 20.9. The SMILES string of the molecule is COc1cccc(OC)c1C(=O)N1CCN(c2ccc(-c3ccc4c(c3)OCO4)nn2)CC1. The average molecular weight is 448 g/mol. The molecule has 0 bridgehead atoms. The van der Waals surface area contributed by atoms with Gasteiger partial charge in [0.25, 0.3) is 5.91 Å². The molecule has 1 fully saturated rings. The molecule has 2 aromatic carbocycles. The van der Waals surface area contributed by atoms with Gasteiger partial charge in [0.15, 0.2) is 17.3 Å². The number of anilines is 1. The third-order valence-corrected chi connectivity index (χ3v) is 5.85. The number of hydrogen-bond donors (Lipinski definition) is 0. The van der Waals surface area contributed by atoms with Gasteiger partial charge in [-0.3, -0.25) is 4.79 Å². The molecule has 0 aliphatic carbocycles. The van der Waals surface area contributed by atoms with E-state index in [1.807, 2.05) is 35.2 Å². The third kappa shape index (κ3) is 3.97. The average Bonchev–Trinajstić information content (AvgIpc) is 3.36. The number of carbonyl (C=O) groups excluding carboxylic acids is 1. The summed E-state index contributed by atoms with van der Waals surface area (Å²) >= 11 is 0. The molecule has 5 rings (SSSR count). The van der Waals surface area contributed by atoms with Crippen LogP contribution in [-0.4, -0.2) is 68.2 Å². The second-order valence-electron chi connectivity index (χ2n) is 7.66. The summed E-state index contributed by atoms with van der Waals surface area (Å²) in [7, 11) is 3.10. The smallest absolute Gasteiger partial charge is 0.261 e. The van der Waals surface area contributed by atoms with Crippen LogP contribution in [0.1, 0.15) is 10.4 Å². The van der Waals surface area contributed by atoms with Crippen molar-refractivity contribution in [2.75, 3.05) is 52.1 Å². The molecule has 0 atom stereocenters. The van der Waals surface area contributed by atoms with Gasteiger partial charge in [0.05, 0.1) is 19.9 Å². The van der Waals surface area contributed by atoms with Crippen molar-refractivity contribution in [2.45, 2.75) is 0 Å². The van der Waals surface area contributed by atoms with Crippen molar-refractivity contribution in [3.63, 3.8) is 0 Å². The number of methoxy groups -OCH3 is 2. The van der Waals surface area contributed by atoms with E-state index in [9.17, 15) is 4.79 Å². The number of benzene rings is 2. The van der Waals surface area contributed by atoms with Gasteiger partial charge in [0.1, 0.15) is 17.1 Å². The van der Waals surface area contributed by atoms with Gasteiger partial charge in [-0.1, -0.05) is 6.07 Å². The van der Waals surface area contributed by atoms with Gasteiger partial charge in [0, 0.05) is 31.7 Å². The highest BCUT2D eigenvalue weighted by atomic mass is 16.7. The zero-order valence-electron chi connectivity index (χ0n) is 18.5. The monoisotopic (exact) mass is 448 g/mol. The molecule has 0 N–H and O–H groups in total. The van der Waals surface area contributed by atoms with Crippen LogP contribution in [0.3, 0.4) is 0 Å². The van der Waals surface area contributed by atoms with Crippen LogP contribution < -0.4 is 23.8 Å². The van der Waals surface area contributed by atoms with E-state index in [-0.39, 0.29) is 12.7 Å². The lowest BCUT2D eigenvalue weighted by Crippen LogP contribution is -2.49. The normalized spacial score (nSPS) is 14.8. The van der Waals surface area contributed by atoms with Crippen molar-refractivity contribution in [1.29, 1.82) is 0 Å². The van der Waals surface area contributed by atoms with Crippen molar-refractivity contribution in [1.82, 2.24) is 15.1 Å². The Labute approximate surface area is 191 Å². The van der Waals surface area contributed by atoms with Crippen molar-refractivity contribution in [3.05, 3.63) is 54.1 Å². The number of fused-ring (bicyclic) bond motifs is 1. The van der Waals surface area contributed by atoms with E-state index in [1.54, 1.807) is 32.4 Å². The maximum absolute atomic E-state index is 13.2. The molecule has 2 aliphatic rings. The maximum atomic E-state index is 13.2. The Balaban J connectivity index is 1.26. The molecule has 2 aliphatic heterocycles. The van der Waals surface area contributed by atoms with E-state index in [0.717, 1.165) is 22.8 Å². The van der Waals surface area contributed by atoms with Gasteiger partial charge < -0.3 is 28.7 Å². The molecule has 0 saturated carbocycles. The quantitative estimate of drug-likeness (QED) is 0.589. The lowest BCUT2D eigenvalue weighted by molar-refractivity contribution is 0.0739. The van der Waals surface area contributed by atoms with Gasteiger partial charge in [-0.15, -0.1) is 10.2 Å². The Morgan fingerprint density at radius 3 is 2.27 bits per heavy atom. The first-order valence-corrected chi connectivity index (χ1v) is 10.7. The summed E-state index contributed by atoms with van der Waals surface area (Å²) < 4.78 is 21.6. The van der Waals surface area contributed by atoms with E-state index >= 15 is 0 Å². The fourth-order valence-electron chi connectivity index (χ4n) is 4.06. The number of aromatic nitrogens is 2.